The summed E-state index contributed by atoms with van der Waals surface area (Å²) in [6.07, 6.45) is -1.15. The molecule has 0 aromatic rings. The molecular formula is C11H18Cl2N2O6. The number of nitrogens with zero attached hydrogens (tertiary/aromatic N) is 1. The molecule has 1 atom stereocenters. The molecule has 10 heteroatoms. The van der Waals surface area contributed by atoms with Crippen molar-refractivity contribution in [2.75, 3.05) is 0 Å². The van der Waals surface area contributed by atoms with E-state index in [9.17, 15) is 19.7 Å². The third-order valence-corrected chi connectivity index (χ3v) is 2.88. The minimum Gasteiger partial charge on any atom is -0.480 e. The molecule has 0 aliphatic heterocycles. The Kier molecular flexibility index (Phi) is 7.18. The fourth-order valence-electron chi connectivity index (χ4n) is 1.32. The van der Waals surface area contributed by atoms with E-state index in [0.29, 0.717) is 0 Å². The van der Waals surface area contributed by atoms with E-state index >= 15 is 0 Å². The summed E-state index contributed by atoms with van der Waals surface area (Å²) in [4.78, 5) is 32.1. The number of carbonyl (C=O) groups excluding carboxylic acids is 1. The fourth-order valence-corrected chi connectivity index (χ4v) is 1.58. The summed E-state index contributed by atoms with van der Waals surface area (Å²) in [5.74, 6) is -1.28. The van der Waals surface area contributed by atoms with Gasteiger partial charge >= 0.3 is 16.5 Å². The monoisotopic (exact) mass is 344 g/mol. The van der Waals surface area contributed by atoms with Crippen LogP contribution in [0.25, 0.3) is 0 Å². The molecule has 0 rings (SSSR count). The third-order valence-electron chi connectivity index (χ3n) is 2.23. The highest BCUT2D eigenvalue weighted by Gasteiger charge is 2.37. The molecule has 2 N–H and O–H groups in total. The molecule has 1 amide bonds. The van der Waals surface area contributed by atoms with Gasteiger partial charge in [0.05, 0.1) is 4.92 Å². The Hall–Kier alpha value is -1.28. The first-order valence-electron chi connectivity index (χ1n) is 6.10. The van der Waals surface area contributed by atoms with E-state index in [1.807, 2.05) is 0 Å². The highest BCUT2D eigenvalue weighted by atomic mass is 35.5. The third kappa shape index (κ3) is 8.56. The second-order valence-corrected chi connectivity index (χ2v) is 6.80. The number of nitro groups is 1. The topological polar surface area (TPSA) is 119 Å². The molecular weight excluding hydrogens is 327 g/mol. The molecule has 0 aromatic heterocycles. The summed E-state index contributed by atoms with van der Waals surface area (Å²) in [5.41, 5.74) is -0.764. The van der Waals surface area contributed by atoms with Gasteiger partial charge in [-0.25, -0.2) is 9.59 Å². The number of alkyl carbamates (subject to hydrolysis) is 1. The van der Waals surface area contributed by atoms with E-state index in [-0.39, 0.29) is 19.3 Å². The summed E-state index contributed by atoms with van der Waals surface area (Å²) < 4.78 is 2.76. The lowest BCUT2D eigenvalue weighted by Crippen LogP contribution is -2.43. The molecule has 21 heavy (non-hydrogen) atoms. The maximum atomic E-state index is 11.5. The van der Waals surface area contributed by atoms with Crippen LogP contribution in [-0.4, -0.2) is 38.2 Å². The van der Waals surface area contributed by atoms with E-state index in [0.717, 1.165) is 0 Å². The van der Waals surface area contributed by atoms with Crippen molar-refractivity contribution in [1.82, 2.24) is 5.32 Å². The molecule has 0 saturated heterocycles. The van der Waals surface area contributed by atoms with Crippen molar-refractivity contribution < 1.29 is 24.4 Å². The smallest absolute Gasteiger partial charge is 0.408 e. The van der Waals surface area contributed by atoms with Crippen LogP contribution < -0.4 is 5.32 Å². The Balaban J connectivity index is 4.43. The Bertz CT molecular complexity index is 408. The molecule has 0 fully saturated rings. The van der Waals surface area contributed by atoms with Crippen LogP contribution in [0.15, 0.2) is 0 Å². The van der Waals surface area contributed by atoms with Crippen LogP contribution in [0.4, 0.5) is 4.79 Å². The van der Waals surface area contributed by atoms with Crippen LogP contribution in [0, 0.1) is 10.1 Å². The maximum absolute atomic E-state index is 11.5. The lowest BCUT2D eigenvalue weighted by atomic mass is 10.1. The number of carbonyl (C=O) groups is 2. The van der Waals surface area contributed by atoms with Crippen molar-refractivity contribution in [1.29, 1.82) is 0 Å². The van der Waals surface area contributed by atoms with Crippen LogP contribution in [0.2, 0.25) is 0 Å². The van der Waals surface area contributed by atoms with Gasteiger partial charge in [-0.1, -0.05) is 0 Å². The van der Waals surface area contributed by atoms with Gasteiger partial charge in [-0.15, -0.1) is 0 Å². The first-order valence-corrected chi connectivity index (χ1v) is 6.85. The average molecular weight is 345 g/mol. The summed E-state index contributed by atoms with van der Waals surface area (Å²) in [6.45, 7) is 4.90. The number of hydrogen-bond acceptors (Lipinski definition) is 5. The predicted octanol–water partition coefficient (Wildman–Crippen LogP) is 2.54. The van der Waals surface area contributed by atoms with Crippen LogP contribution in [0.5, 0.6) is 0 Å². The second kappa shape index (κ2) is 7.65. The Morgan fingerprint density at radius 3 is 2.29 bits per heavy atom. The normalized spacial score (nSPS) is 13.4. The minimum atomic E-state index is -2.17. The van der Waals surface area contributed by atoms with Gasteiger partial charge in [0.15, 0.2) is 0 Å². The van der Waals surface area contributed by atoms with Crippen molar-refractivity contribution in [3.8, 4) is 0 Å². The molecule has 0 aliphatic carbocycles. The van der Waals surface area contributed by atoms with E-state index in [1.165, 1.54) is 0 Å². The first kappa shape index (κ1) is 19.7. The van der Waals surface area contributed by atoms with Crippen LogP contribution >= 0.6 is 23.2 Å². The molecule has 0 saturated carbocycles. The summed E-state index contributed by atoms with van der Waals surface area (Å²) >= 11 is 10.9. The Morgan fingerprint density at radius 2 is 1.90 bits per heavy atom. The summed E-state index contributed by atoms with van der Waals surface area (Å²) in [7, 11) is 0. The van der Waals surface area contributed by atoms with Crippen LogP contribution in [-0.2, 0) is 9.53 Å². The molecule has 0 aliphatic rings. The highest BCUT2D eigenvalue weighted by molar-refractivity contribution is 6.46. The fraction of sp³-hybridized carbons (Fsp3) is 0.818. The number of halogens is 2. The Labute approximate surface area is 131 Å². The van der Waals surface area contributed by atoms with E-state index in [4.69, 9.17) is 33.0 Å². The zero-order chi connectivity index (χ0) is 16.8. The number of rotatable bonds is 7. The number of hydrogen-bond donors (Lipinski definition) is 2. The predicted molar refractivity (Wildman–Crippen MR) is 76.1 cm³/mol. The molecule has 0 unspecified atom stereocenters. The number of carboxylic acid groups (broad SMARTS) is 1. The van der Waals surface area contributed by atoms with Crippen molar-refractivity contribution in [3.05, 3.63) is 10.1 Å². The van der Waals surface area contributed by atoms with Gasteiger partial charge in [0.25, 0.3) is 0 Å². The number of ether oxygens (including phenoxy) is 1. The van der Waals surface area contributed by atoms with Gasteiger partial charge < -0.3 is 15.2 Å². The van der Waals surface area contributed by atoms with Crippen molar-refractivity contribution in [3.63, 3.8) is 0 Å². The number of alkyl halides is 2. The lowest BCUT2D eigenvalue weighted by molar-refractivity contribution is -0.517. The van der Waals surface area contributed by atoms with E-state index in [2.05, 4.69) is 5.32 Å². The largest absolute Gasteiger partial charge is 0.480 e. The maximum Gasteiger partial charge on any atom is 0.408 e. The zero-order valence-electron chi connectivity index (χ0n) is 11.9. The minimum absolute atomic E-state index is 0.0424. The standard InChI is InChI=1S/C11H18Cl2N2O6/c1-10(2,3)21-9(18)14-7(8(16)17)5-4-6-11(12,13)15(19)20/h7H,4-6H2,1-3H3,(H,14,18)(H,16,17)/t7-/m0/s1. The highest BCUT2D eigenvalue weighted by Crippen LogP contribution is 2.28. The molecule has 0 bridgehead atoms. The molecule has 8 nitrogen and oxygen atoms in total. The molecule has 0 heterocycles. The van der Waals surface area contributed by atoms with Crippen molar-refractivity contribution in [2.24, 2.45) is 0 Å². The molecule has 0 spiro atoms. The van der Waals surface area contributed by atoms with Gasteiger partial charge in [-0.2, -0.15) is 0 Å². The number of carboxylic acids is 1. The van der Waals surface area contributed by atoms with Gasteiger partial charge in [-0.3, -0.25) is 10.1 Å². The van der Waals surface area contributed by atoms with E-state index < -0.39 is 33.1 Å². The zero-order valence-corrected chi connectivity index (χ0v) is 13.4. The first-order chi connectivity index (χ1) is 9.35. The van der Waals surface area contributed by atoms with Crippen LogP contribution in [0.1, 0.15) is 40.0 Å². The van der Waals surface area contributed by atoms with Gasteiger partial charge in [-0.05, 0) is 56.8 Å². The average Bonchev–Trinajstić information content (AvgIpc) is 2.24. The van der Waals surface area contributed by atoms with Gasteiger partial charge in [0.2, 0.25) is 0 Å². The van der Waals surface area contributed by atoms with Crippen LogP contribution in [0.3, 0.4) is 0 Å². The summed E-state index contributed by atoms with van der Waals surface area (Å²) in [6, 6.07) is -1.24. The van der Waals surface area contributed by atoms with Crippen molar-refractivity contribution in [2.45, 2.75) is 56.1 Å². The molecule has 0 aromatic carbocycles. The lowest BCUT2D eigenvalue weighted by Gasteiger charge is -2.22. The van der Waals surface area contributed by atoms with Crippen molar-refractivity contribution >= 4 is 35.3 Å². The number of aliphatic carboxylic acids is 1. The number of nitrogens with one attached hydrogen (secondary N) is 1. The summed E-state index contributed by atoms with van der Waals surface area (Å²) in [5, 5.41) is 21.7. The molecule has 122 valence electrons. The quantitative estimate of drug-likeness (QED) is 0.317. The van der Waals surface area contributed by atoms with Gasteiger partial charge in [0, 0.05) is 6.42 Å². The molecule has 0 radical (unpaired) electrons. The van der Waals surface area contributed by atoms with Gasteiger partial charge in [0.1, 0.15) is 11.6 Å². The second-order valence-electron chi connectivity index (χ2n) is 5.35. The number of amides is 1. The van der Waals surface area contributed by atoms with E-state index in [1.54, 1.807) is 20.8 Å². The SMILES string of the molecule is CC(C)(C)OC(=O)N[C@@H](CCCC(Cl)(Cl)[N+](=O)[O-])C(=O)O. The Morgan fingerprint density at radius 1 is 1.38 bits per heavy atom.